The predicted octanol–water partition coefficient (Wildman–Crippen LogP) is 1.19. The molecule has 0 spiro atoms. The summed E-state index contributed by atoms with van der Waals surface area (Å²) in [4.78, 5) is 27.7. The molecule has 2 heterocycles. The van der Waals surface area contributed by atoms with Crippen molar-refractivity contribution in [3.63, 3.8) is 0 Å². The van der Waals surface area contributed by atoms with Crippen molar-refractivity contribution < 1.29 is 14.3 Å². The zero-order chi connectivity index (χ0) is 15.2. The van der Waals surface area contributed by atoms with E-state index in [1.807, 2.05) is 0 Å². The van der Waals surface area contributed by atoms with Gasteiger partial charge in [-0.3, -0.25) is 14.6 Å². The molecule has 0 fully saturated rings. The molecule has 6 heteroatoms. The minimum Gasteiger partial charge on any atom is -0.487 e. The van der Waals surface area contributed by atoms with E-state index in [2.05, 4.69) is 10.3 Å². The van der Waals surface area contributed by atoms with Gasteiger partial charge in [-0.05, 0) is 31.2 Å². The van der Waals surface area contributed by atoms with Crippen molar-refractivity contribution in [3.05, 3.63) is 48.5 Å². The summed E-state index contributed by atoms with van der Waals surface area (Å²) < 4.78 is 7.17. The second-order valence-electron chi connectivity index (χ2n) is 4.66. The van der Waals surface area contributed by atoms with Gasteiger partial charge in [0.1, 0.15) is 11.9 Å². The summed E-state index contributed by atoms with van der Waals surface area (Å²) in [5.74, 6) is -0.581. The zero-order valence-corrected chi connectivity index (χ0v) is 11.9. The molecule has 0 bridgehead atoms. The van der Waals surface area contributed by atoms with Gasteiger partial charge in [0.2, 0.25) is 0 Å². The molecule has 2 aromatic heterocycles. The van der Waals surface area contributed by atoms with Crippen LogP contribution in [-0.4, -0.2) is 33.9 Å². The molecule has 0 aliphatic carbocycles. The van der Waals surface area contributed by atoms with E-state index in [0.717, 1.165) is 0 Å². The van der Waals surface area contributed by atoms with Crippen LogP contribution in [0.15, 0.2) is 42.9 Å². The number of Topliss-reactive ketones (excluding diaryl/α,β-unsaturated/α-hetero) is 1. The van der Waals surface area contributed by atoms with Crippen LogP contribution in [0.5, 0.6) is 5.75 Å². The number of carbonyl (C=O) groups excluding carboxylic acids is 2. The SMILES string of the molecule is C[C@@H](CNC(=O)C(=O)c1cccn1C)Oc1cccnc1. The topological polar surface area (TPSA) is 73.2 Å². The van der Waals surface area contributed by atoms with E-state index in [1.165, 1.54) is 0 Å². The van der Waals surface area contributed by atoms with Crippen molar-refractivity contribution in [3.8, 4) is 5.75 Å². The molecule has 2 aromatic rings. The fraction of sp³-hybridized carbons (Fsp3) is 0.267. The Balaban J connectivity index is 1.84. The maximum atomic E-state index is 11.9. The van der Waals surface area contributed by atoms with Gasteiger partial charge in [0, 0.05) is 19.4 Å². The van der Waals surface area contributed by atoms with Gasteiger partial charge >= 0.3 is 0 Å². The molecule has 0 aliphatic heterocycles. The van der Waals surface area contributed by atoms with Crippen LogP contribution < -0.4 is 10.1 Å². The van der Waals surface area contributed by atoms with Crippen LogP contribution in [-0.2, 0) is 11.8 Å². The van der Waals surface area contributed by atoms with Crippen LogP contribution in [0.1, 0.15) is 17.4 Å². The Morgan fingerprint density at radius 3 is 2.81 bits per heavy atom. The summed E-state index contributed by atoms with van der Waals surface area (Å²) in [6.45, 7) is 2.05. The van der Waals surface area contributed by atoms with Gasteiger partial charge in [0.15, 0.2) is 0 Å². The molecule has 2 rings (SSSR count). The largest absolute Gasteiger partial charge is 0.487 e. The second kappa shape index (κ2) is 6.69. The smallest absolute Gasteiger partial charge is 0.294 e. The predicted molar refractivity (Wildman–Crippen MR) is 77.1 cm³/mol. The van der Waals surface area contributed by atoms with Gasteiger partial charge in [0.05, 0.1) is 18.4 Å². The number of rotatable bonds is 6. The molecule has 0 aromatic carbocycles. The first kappa shape index (κ1) is 14.8. The van der Waals surface area contributed by atoms with Gasteiger partial charge in [-0.1, -0.05) is 0 Å². The van der Waals surface area contributed by atoms with Gasteiger partial charge in [0.25, 0.3) is 11.7 Å². The maximum Gasteiger partial charge on any atom is 0.294 e. The summed E-state index contributed by atoms with van der Waals surface area (Å²) in [5.41, 5.74) is 0.355. The highest BCUT2D eigenvalue weighted by Gasteiger charge is 2.19. The summed E-state index contributed by atoms with van der Waals surface area (Å²) in [6, 6.07) is 6.87. The van der Waals surface area contributed by atoms with Crippen molar-refractivity contribution in [1.29, 1.82) is 0 Å². The third-order valence-electron chi connectivity index (χ3n) is 2.90. The fourth-order valence-electron chi connectivity index (χ4n) is 1.82. The summed E-state index contributed by atoms with van der Waals surface area (Å²) >= 11 is 0. The first-order valence-corrected chi connectivity index (χ1v) is 6.58. The van der Waals surface area contributed by atoms with Crippen molar-refractivity contribution in [1.82, 2.24) is 14.9 Å². The minimum atomic E-state index is -0.640. The molecular formula is C15H17N3O3. The summed E-state index contributed by atoms with van der Waals surface area (Å²) in [6.07, 6.45) is 4.69. The molecule has 110 valence electrons. The van der Waals surface area contributed by atoms with Crippen LogP contribution in [0.3, 0.4) is 0 Å². The Bertz CT molecular complexity index is 622. The third kappa shape index (κ3) is 3.92. The van der Waals surface area contributed by atoms with Crippen molar-refractivity contribution in [2.24, 2.45) is 7.05 Å². The number of ether oxygens (including phenoxy) is 1. The molecule has 1 amide bonds. The van der Waals surface area contributed by atoms with Crippen LogP contribution in [0, 0.1) is 0 Å². The fourth-order valence-corrected chi connectivity index (χ4v) is 1.82. The lowest BCUT2D eigenvalue weighted by Crippen LogP contribution is -2.38. The number of amides is 1. The van der Waals surface area contributed by atoms with Gasteiger partial charge in [-0.25, -0.2) is 0 Å². The van der Waals surface area contributed by atoms with E-state index in [-0.39, 0.29) is 12.6 Å². The Kier molecular flexibility index (Phi) is 4.71. The molecule has 0 aliphatic rings. The molecular weight excluding hydrogens is 270 g/mol. The van der Waals surface area contributed by atoms with E-state index in [9.17, 15) is 9.59 Å². The Morgan fingerprint density at radius 1 is 1.38 bits per heavy atom. The number of aromatic nitrogens is 2. The van der Waals surface area contributed by atoms with Gasteiger partial charge < -0.3 is 14.6 Å². The van der Waals surface area contributed by atoms with E-state index in [1.54, 1.807) is 61.4 Å². The lowest BCUT2D eigenvalue weighted by molar-refractivity contribution is -0.117. The Labute approximate surface area is 122 Å². The maximum absolute atomic E-state index is 11.9. The zero-order valence-electron chi connectivity index (χ0n) is 11.9. The summed E-state index contributed by atoms with van der Waals surface area (Å²) in [5, 5.41) is 2.57. The van der Waals surface area contributed by atoms with Crippen LogP contribution in [0.25, 0.3) is 0 Å². The average molecular weight is 287 g/mol. The second-order valence-corrected chi connectivity index (χ2v) is 4.66. The average Bonchev–Trinajstić information content (AvgIpc) is 2.91. The molecule has 1 N–H and O–H groups in total. The van der Waals surface area contributed by atoms with E-state index < -0.39 is 11.7 Å². The van der Waals surface area contributed by atoms with E-state index in [4.69, 9.17) is 4.74 Å². The van der Waals surface area contributed by atoms with E-state index >= 15 is 0 Å². The van der Waals surface area contributed by atoms with E-state index in [0.29, 0.717) is 11.4 Å². The van der Waals surface area contributed by atoms with Crippen molar-refractivity contribution >= 4 is 11.7 Å². The summed E-state index contributed by atoms with van der Waals surface area (Å²) in [7, 11) is 1.72. The number of hydrogen-bond acceptors (Lipinski definition) is 4. The molecule has 0 saturated heterocycles. The monoisotopic (exact) mass is 287 g/mol. The Morgan fingerprint density at radius 2 is 2.19 bits per heavy atom. The molecule has 6 nitrogen and oxygen atoms in total. The lowest BCUT2D eigenvalue weighted by Gasteiger charge is -2.14. The molecule has 0 unspecified atom stereocenters. The highest BCUT2D eigenvalue weighted by atomic mass is 16.5. The first-order chi connectivity index (χ1) is 10.1. The molecule has 0 radical (unpaired) electrons. The lowest BCUT2D eigenvalue weighted by atomic mass is 10.2. The number of nitrogens with zero attached hydrogens (tertiary/aromatic N) is 2. The number of carbonyl (C=O) groups is 2. The minimum absolute atomic E-state index is 0.240. The Hall–Kier alpha value is -2.63. The van der Waals surface area contributed by atoms with Crippen LogP contribution in [0.4, 0.5) is 0 Å². The van der Waals surface area contributed by atoms with Crippen LogP contribution in [0.2, 0.25) is 0 Å². The number of pyridine rings is 1. The van der Waals surface area contributed by atoms with Crippen molar-refractivity contribution in [2.45, 2.75) is 13.0 Å². The number of hydrogen-bond donors (Lipinski definition) is 1. The normalized spacial score (nSPS) is 11.7. The molecule has 1 atom stereocenters. The quantitative estimate of drug-likeness (QED) is 0.639. The number of ketones is 1. The molecule has 0 saturated carbocycles. The first-order valence-electron chi connectivity index (χ1n) is 6.58. The number of nitrogens with one attached hydrogen (secondary N) is 1. The van der Waals surface area contributed by atoms with Gasteiger partial charge in [-0.2, -0.15) is 0 Å². The highest BCUT2D eigenvalue weighted by molar-refractivity contribution is 6.42. The highest BCUT2D eigenvalue weighted by Crippen LogP contribution is 2.08. The van der Waals surface area contributed by atoms with Crippen LogP contribution >= 0.6 is 0 Å². The standard InChI is InChI=1S/C15H17N3O3/c1-11(21-12-5-3-7-16-10-12)9-17-15(20)14(19)13-6-4-8-18(13)2/h3-8,10-11H,9H2,1-2H3,(H,17,20)/t11-/m0/s1. The third-order valence-corrected chi connectivity index (χ3v) is 2.90. The number of aryl methyl sites for hydroxylation is 1. The molecule has 21 heavy (non-hydrogen) atoms. The van der Waals surface area contributed by atoms with Crippen molar-refractivity contribution in [2.75, 3.05) is 6.54 Å². The van der Waals surface area contributed by atoms with Gasteiger partial charge in [-0.15, -0.1) is 0 Å².